The molecule has 0 aromatic carbocycles. The molecular weight excluding hydrogens is 182 g/mol. The molecular formula is C14H27N. The molecule has 15 heavy (non-hydrogen) atoms. The summed E-state index contributed by atoms with van der Waals surface area (Å²) >= 11 is 0. The highest BCUT2D eigenvalue weighted by molar-refractivity contribution is 5.04. The number of rotatable bonds is 5. The fraction of sp³-hybridized carbons (Fsp3) is 0.857. The maximum absolute atomic E-state index is 4.19. The average Bonchev–Trinajstić information content (AvgIpc) is 2.44. The summed E-state index contributed by atoms with van der Waals surface area (Å²) in [6, 6.07) is 0. The fourth-order valence-corrected chi connectivity index (χ4v) is 2.74. The van der Waals surface area contributed by atoms with Gasteiger partial charge in [-0.3, -0.25) is 0 Å². The second kappa shape index (κ2) is 6.32. The molecule has 0 bridgehead atoms. The van der Waals surface area contributed by atoms with Crippen LogP contribution in [0.2, 0.25) is 0 Å². The van der Waals surface area contributed by atoms with E-state index >= 15 is 0 Å². The minimum absolute atomic E-state index is 0.387. The first-order valence-corrected chi connectivity index (χ1v) is 6.64. The number of nitrogens with one attached hydrogen (secondary N) is 1. The van der Waals surface area contributed by atoms with E-state index < -0.39 is 0 Å². The quantitative estimate of drug-likeness (QED) is 0.674. The third-order valence-corrected chi connectivity index (χ3v) is 3.65. The lowest BCUT2D eigenvalue weighted by molar-refractivity contribution is 0.286. The SMILES string of the molecule is C=C(CC)CC1(CCC)CCCCCN1. The van der Waals surface area contributed by atoms with Gasteiger partial charge in [-0.15, -0.1) is 0 Å². The molecule has 1 unspecified atom stereocenters. The van der Waals surface area contributed by atoms with Gasteiger partial charge in [0.15, 0.2) is 0 Å². The van der Waals surface area contributed by atoms with Gasteiger partial charge in [0.2, 0.25) is 0 Å². The third-order valence-electron chi connectivity index (χ3n) is 3.65. The van der Waals surface area contributed by atoms with Gasteiger partial charge >= 0.3 is 0 Å². The van der Waals surface area contributed by atoms with Crippen LogP contribution in [0.1, 0.15) is 65.2 Å². The van der Waals surface area contributed by atoms with E-state index in [1.54, 1.807) is 0 Å². The topological polar surface area (TPSA) is 12.0 Å². The molecule has 0 saturated carbocycles. The lowest BCUT2D eigenvalue weighted by atomic mass is 9.82. The summed E-state index contributed by atoms with van der Waals surface area (Å²) < 4.78 is 0. The van der Waals surface area contributed by atoms with Crippen LogP contribution in [0, 0.1) is 0 Å². The summed E-state index contributed by atoms with van der Waals surface area (Å²) in [5.41, 5.74) is 1.80. The molecule has 1 N–H and O–H groups in total. The minimum atomic E-state index is 0.387. The van der Waals surface area contributed by atoms with Crippen molar-refractivity contribution in [3.8, 4) is 0 Å². The van der Waals surface area contributed by atoms with Gasteiger partial charge < -0.3 is 5.32 Å². The molecule has 1 heterocycles. The van der Waals surface area contributed by atoms with Gasteiger partial charge in [-0.2, -0.15) is 0 Å². The van der Waals surface area contributed by atoms with Gasteiger partial charge in [0, 0.05) is 5.54 Å². The molecule has 0 aromatic rings. The van der Waals surface area contributed by atoms with Crippen molar-refractivity contribution in [1.29, 1.82) is 0 Å². The first-order chi connectivity index (χ1) is 7.22. The van der Waals surface area contributed by atoms with Crippen molar-refractivity contribution in [2.24, 2.45) is 0 Å². The molecule has 0 spiro atoms. The molecule has 1 nitrogen and oxygen atoms in total. The van der Waals surface area contributed by atoms with Gasteiger partial charge in [-0.25, -0.2) is 0 Å². The summed E-state index contributed by atoms with van der Waals surface area (Å²) in [7, 11) is 0. The zero-order chi connectivity index (χ0) is 11.1. The van der Waals surface area contributed by atoms with E-state index in [2.05, 4.69) is 25.7 Å². The van der Waals surface area contributed by atoms with E-state index in [4.69, 9.17) is 0 Å². The molecule has 0 amide bonds. The van der Waals surface area contributed by atoms with Crippen LogP contribution < -0.4 is 5.32 Å². The van der Waals surface area contributed by atoms with Crippen LogP contribution in [0.25, 0.3) is 0 Å². The maximum atomic E-state index is 4.19. The normalized spacial score (nSPS) is 27.3. The van der Waals surface area contributed by atoms with Crippen LogP contribution in [0.4, 0.5) is 0 Å². The molecule has 1 aliphatic heterocycles. The first-order valence-electron chi connectivity index (χ1n) is 6.64. The molecule has 0 aliphatic carbocycles. The lowest BCUT2D eigenvalue weighted by Gasteiger charge is -2.34. The minimum Gasteiger partial charge on any atom is -0.311 e. The molecule has 0 radical (unpaired) electrons. The summed E-state index contributed by atoms with van der Waals surface area (Å²) in [5, 5.41) is 3.80. The maximum Gasteiger partial charge on any atom is 0.0218 e. The van der Waals surface area contributed by atoms with Crippen molar-refractivity contribution in [1.82, 2.24) is 5.32 Å². The predicted molar refractivity (Wildman–Crippen MR) is 68.2 cm³/mol. The van der Waals surface area contributed by atoms with Crippen molar-refractivity contribution >= 4 is 0 Å². The molecule has 0 aromatic heterocycles. The van der Waals surface area contributed by atoms with Crippen molar-refractivity contribution in [2.45, 2.75) is 70.8 Å². The summed E-state index contributed by atoms with van der Waals surface area (Å²) in [5.74, 6) is 0. The molecule has 1 heteroatoms. The van der Waals surface area contributed by atoms with Gasteiger partial charge in [-0.05, 0) is 38.6 Å². The zero-order valence-corrected chi connectivity index (χ0v) is 10.6. The van der Waals surface area contributed by atoms with Crippen LogP contribution in [0.3, 0.4) is 0 Å². The van der Waals surface area contributed by atoms with Gasteiger partial charge in [0.25, 0.3) is 0 Å². The summed E-state index contributed by atoms with van der Waals surface area (Å²) in [4.78, 5) is 0. The van der Waals surface area contributed by atoms with Crippen LogP contribution in [-0.2, 0) is 0 Å². The Morgan fingerprint density at radius 1 is 1.27 bits per heavy atom. The highest BCUT2D eigenvalue weighted by Gasteiger charge is 2.29. The Morgan fingerprint density at radius 3 is 2.73 bits per heavy atom. The summed E-state index contributed by atoms with van der Waals surface area (Å²) in [6.07, 6.45) is 10.4. The van der Waals surface area contributed by atoms with Gasteiger partial charge in [0.05, 0.1) is 0 Å². The Labute approximate surface area is 95.3 Å². The van der Waals surface area contributed by atoms with Crippen LogP contribution in [0.5, 0.6) is 0 Å². The van der Waals surface area contributed by atoms with E-state index in [0.717, 1.165) is 6.42 Å². The average molecular weight is 209 g/mol. The molecule has 88 valence electrons. The molecule has 1 aliphatic rings. The van der Waals surface area contributed by atoms with E-state index in [-0.39, 0.29) is 0 Å². The van der Waals surface area contributed by atoms with E-state index in [9.17, 15) is 0 Å². The Kier molecular flexibility index (Phi) is 5.38. The Morgan fingerprint density at radius 2 is 2.07 bits per heavy atom. The predicted octanol–water partition coefficient (Wildman–Crippen LogP) is 4.05. The van der Waals surface area contributed by atoms with Gasteiger partial charge in [-0.1, -0.05) is 45.3 Å². The molecule has 1 atom stereocenters. The van der Waals surface area contributed by atoms with Gasteiger partial charge in [0.1, 0.15) is 0 Å². The zero-order valence-electron chi connectivity index (χ0n) is 10.6. The van der Waals surface area contributed by atoms with Crippen molar-refractivity contribution in [3.05, 3.63) is 12.2 Å². The third kappa shape index (κ3) is 3.98. The van der Waals surface area contributed by atoms with Crippen LogP contribution in [0.15, 0.2) is 12.2 Å². The number of hydrogen-bond donors (Lipinski definition) is 1. The van der Waals surface area contributed by atoms with Crippen molar-refractivity contribution in [3.63, 3.8) is 0 Å². The Hall–Kier alpha value is -0.300. The smallest absolute Gasteiger partial charge is 0.0218 e. The highest BCUT2D eigenvalue weighted by Crippen LogP contribution is 2.30. The largest absolute Gasteiger partial charge is 0.311 e. The summed E-state index contributed by atoms with van der Waals surface area (Å²) in [6.45, 7) is 9.91. The van der Waals surface area contributed by atoms with E-state index in [0.29, 0.717) is 5.54 Å². The molecule has 1 rings (SSSR count). The molecule has 1 fully saturated rings. The lowest BCUT2D eigenvalue weighted by Crippen LogP contribution is -2.44. The first kappa shape index (κ1) is 12.8. The van der Waals surface area contributed by atoms with Crippen LogP contribution in [-0.4, -0.2) is 12.1 Å². The van der Waals surface area contributed by atoms with Crippen molar-refractivity contribution < 1.29 is 0 Å². The number of hydrogen-bond acceptors (Lipinski definition) is 1. The standard InChI is InChI=1S/C14H27N/c1-4-9-14(12-13(3)5-2)10-7-6-8-11-15-14/h15H,3-12H2,1-2H3. The van der Waals surface area contributed by atoms with Crippen molar-refractivity contribution in [2.75, 3.05) is 6.54 Å². The monoisotopic (exact) mass is 209 g/mol. The van der Waals surface area contributed by atoms with Crippen LogP contribution >= 0.6 is 0 Å². The fourth-order valence-electron chi connectivity index (χ4n) is 2.74. The Balaban J connectivity index is 2.61. The second-order valence-corrected chi connectivity index (χ2v) is 5.05. The molecule has 1 saturated heterocycles. The Bertz CT molecular complexity index is 188. The second-order valence-electron chi connectivity index (χ2n) is 5.05. The van der Waals surface area contributed by atoms with E-state index in [1.165, 1.54) is 57.1 Å². The van der Waals surface area contributed by atoms with E-state index in [1.807, 2.05) is 0 Å². The highest BCUT2D eigenvalue weighted by atomic mass is 15.0.